The van der Waals surface area contributed by atoms with Gasteiger partial charge in [-0.15, -0.1) is 0 Å². The Kier molecular flexibility index (Phi) is 3.19. The van der Waals surface area contributed by atoms with Gasteiger partial charge in [0.2, 0.25) is 0 Å². The molecule has 16 heavy (non-hydrogen) atoms. The van der Waals surface area contributed by atoms with E-state index in [1.807, 2.05) is 19.0 Å². The first-order chi connectivity index (χ1) is 7.56. The lowest BCUT2D eigenvalue weighted by Gasteiger charge is -2.28. The molecular formula is C12H21N3O. The van der Waals surface area contributed by atoms with E-state index in [2.05, 4.69) is 30.1 Å². The molecule has 2 aliphatic rings. The monoisotopic (exact) mass is 223 g/mol. The van der Waals surface area contributed by atoms with Gasteiger partial charge >= 0.3 is 0 Å². The molecule has 90 valence electrons. The van der Waals surface area contributed by atoms with E-state index in [1.165, 1.54) is 12.8 Å². The van der Waals surface area contributed by atoms with Gasteiger partial charge in [0, 0.05) is 26.6 Å². The highest BCUT2D eigenvalue weighted by atomic mass is 16.5. The average Bonchev–Trinajstić information content (AvgIpc) is 3.01. The number of hydrogen-bond donors (Lipinski definition) is 0. The predicted octanol–water partition coefficient (Wildman–Crippen LogP) is 1.30. The van der Waals surface area contributed by atoms with E-state index in [0.29, 0.717) is 6.10 Å². The third-order valence-electron chi connectivity index (χ3n) is 2.85. The molecule has 0 N–H and O–H groups in total. The number of ether oxygens (including phenoxy) is 1. The molecule has 0 amide bonds. The summed E-state index contributed by atoms with van der Waals surface area (Å²) in [6.07, 6.45) is 6.04. The van der Waals surface area contributed by atoms with E-state index in [1.54, 1.807) is 0 Å². The zero-order chi connectivity index (χ0) is 11.7. The second kappa shape index (κ2) is 4.45. The summed E-state index contributed by atoms with van der Waals surface area (Å²) >= 11 is 0. The van der Waals surface area contributed by atoms with Crippen LogP contribution in [0.5, 0.6) is 0 Å². The van der Waals surface area contributed by atoms with Gasteiger partial charge in [-0.2, -0.15) is 0 Å². The molecule has 0 aromatic heterocycles. The van der Waals surface area contributed by atoms with Crippen LogP contribution in [0.4, 0.5) is 0 Å². The standard InChI is InChI=1S/C12H21N3O/c1-14(2)11-7-10(16-9-5-6-9)8-12(13-11)15(3)4/h7,9,12H,5-6,8H2,1-4H3. The fourth-order valence-electron chi connectivity index (χ4n) is 1.64. The molecule has 1 aliphatic heterocycles. The highest BCUT2D eigenvalue weighted by molar-refractivity contribution is 5.93. The molecule has 0 aromatic carbocycles. The van der Waals surface area contributed by atoms with Crippen molar-refractivity contribution < 1.29 is 4.74 Å². The third-order valence-corrected chi connectivity index (χ3v) is 2.85. The van der Waals surface area contributed by atoms with E-state index in [4.69, 9.17) is 4.74 Å². The van der Waals surface area contributed by atoms with Crippen LogP contribution in [0.15, 0.2) is 16.8 Å². The van der Waals surface area contributed by atoms with E-state index in [-0.39, 0.29) is 6.17 Å². The fraction of sp³-hybridized carbons (Fsp3) is 0.750. The van der Waals surface area contributed by atoms with Crippen molar-refractivity contribution in [3.8, 4) is 0 Å². The van der Waals surface area contributed by atoms with Crippen LogP contribution in [0.1, 0.15) is 19.3 Å². The number of amidine groups is 1. The van der Waals surface area contributed by atoms with Crippen molar-refractivity contribution in [2.45, 2.75) is 31.5 Å². The van der Waals surface area contributed by atoms with E-state index in [0.717, 1.165) is 18.0 Å². The summed E-state index contributed by atoms with van der Waals surface area (Å²) in [5.74, 6) is 2.08. The van der Waals surface area contributed by atoms with E-state index in [9.17, 15) is 0 Å². The maximum absolute atomic E-state index is 5.89. The largest absolute Gasteiger partial charge is 0.495 e. The Hall–Kier alpha value is -1.03. The van der Waals surface area contributed by atoms with Crippen LogP contribution in [0.3, 0.4) is 0 Å². The number of rotatable bonds is 3. The van der Waals surface area contributed by atoms with E-state index < -0.39 is 0 Å². The minimum atomic E-state index is 0.205. The Bertz CT molecular complexity index is 316. The highest BCUT2D eigenvalue weighted by Crippen LogP contribution is 2.29. The Morgan fingerprint density at radius 1 is 1.25 bits per heavy atom. The van der Waals surface area contributed by atoms with Gasteiger partial charge in [0.15, 0.2) is 0 Å². The number of nitrogens with zero attached hydrogens (tertiary/aromatic N) is 3. The van der Waals surface area contributed by atoms with Crippen LogP contribution >= 0.6 is 0 Å². The van der Waals surface area contributed by atoms with Gasteiger partial charge in [-0.3, -0.25) is 4.90 Å². The summed E-state index contributed by atoms with van der Waals surface area (Å²) in [7, 11) is 8.15. The summed E-state index contributed by atoms with van der Waals surface area (Å²) < 4.78 is 5.89. The van der Waals surface area contributed by atoms with Crippen molar-refractivity contribution in [2.75, 3.05) is 28.2 Å². The molecule has 2 rings (SSSR count). The van der Waals surface area contributed by atoms with E-state index >= 15 is 0 Å². The van der Waals surface area contributed by atoms with Gasteiger partial charge in [0.1, 0.15) is 17.8 Å². The first kappa shape index (κ1) is 11.5. The molecule has 1 unspecified atom stereocenters. The van der Waals surface area contributed by atoms with Crippen LogP contribution in [-0.2, 0) is 4.74 Å². The molecule has 0 bridgehead atoms. The smallest absolute Gasteiger partial charge is 0.128 e. The lowest BCUT2D eigenvalue weighted by Crippen LogP contribution is -2.34. The van der Waals surface area contributed by atoms with Crippen LogP contribution in [0.25, 0.3) is 0 Å². The Morgan fingerprint density at radius 2 is 1.94 bits per heavy atom. The molecule has 0 aromatic rings. The molecule has 0 spiro atoms. The number of dihydropyridines is 1. The van der Waals surface area contributed by atoms with Gasteiger partial charge in [0.05, 0.1) is 6.10 Å². The quantitative estimate of drug-likeness (QED) is 0.722. The van der Waals surface area contributed by atoms with Crippen molar-refractivity contribution in [3.05, 3.63) is 11.8 Å². The molecular weight excluding hydrogens is 202 g/mol. The number of aliphatic imine (C=N–C) groups is 1. The zero-order valence-corrected chi connectivity index (χ0v) is 10.6. The minimum absolute atomic E-state index is 0.205. The van der Waals surface area contributed by atoms with Gasteiger partial charge in [-0.05, 0) is 26.9 Å². The van der Waals surface area contributed by atoms with Crippen molar-refractivity contribution in [1.29, 1.82) is 0 Å². The second-order valence-corrected chi connectivity index (χ2v) is 4.96. The molecule has 1 heterocycles. The molecule has 1 aliphatic carbocycles. The molecule has 1 saturated carbocycles. The first-order valence-corrected chi connectivity index (χ1v) is 5.85. The van der Waals surface area contributed by atoms with Crippen molar-refractivity contribution in [1.82, 2.24) is 9.80 Å². The lowest BCUT2D eigenvalue weighted by atomic mass is 10.2. The maximum atomic E-state index is 5.89. The van der Waals surface area contributed by atoms with Crippen molar-refractivity contribution >= 4 is 5.84 Å². The van der Waals surface area contributed by atoms with Crippen LogP contribution in [-0.4, -0.2) is 56.1 Å². The molecule has 1 fully saturated rings. The van der Waals surface area contributed by atoms with Gasteiger partial charge in [0.25, 0.3) is 0 Å². The predicted molar refractivity (Wildman–Crippen MR) is 65.4 cm³/mol. The SMILES string of the molecule is CN(C)C1=NC(N(C)C)CC(OC2CC2)=C1. The van der Waals surface area contributed by atoms with Crippen molar-refractivity contribution in [2.24, 2.45) is 4.99 Å². The Morgan fingerprint density at radius 3 is 2.44 bits per heavy atom. The molecule has 1 atom stereocenters. The number of hydrogen-bond acceptors (Lipinski definition) is 4. The molecule has 0 saturated heterocycles. The highest BCUT2D eigenvalue weighted by Gasteiger charge is 2.27. The number of likely N-dealkylation sites (N-methyl/N-ethyl adjacent to an activating group) is 1. The topological polar surface area (TPSA) is 28.1 Å². The van der Waals surface area contributed by atoms with Crippen LogP contribution < -0.4 is 0 Å². The molecule has 0 radical (unpaired) electrons. The summed E-state index contributed by atoms with van der Waals surface area (Å²) in [4.78, 5) is 8.84. The lowest BCUT2D eigenvalue weighted by molar-refractivity contribution is 0.163. The summed E-state index contributed by atoms with van der Waals surface area (Å²) in [6, 6.07) is 0. The molecule has 4 heteroatoms. The third kappa shape index (κ3) is 2.76. The average molecular weight is 223 g/mol. The maximum Gasteiger partial charge on any atom is 0.128 e. The minimum Gasteiger partial charge on any atom is -0.495 e. The van der Waals surface area contributed by atoms with Crippen molar-refractivity contribution in [3.63, 3.8) is 0 Å². The Labute approximate surface area is 97.6 Å². The Balaban J connectivity index is 2.09. The van der Waals surface area contributed by atoms with Crippen LogP contribution in [0.2, 0.25) is 0 Å². The summed E-state index contributed by atoms with van der Waals surface area (Å²) in [5.41, 5.74) is 0. The summed E-state index contributed by atoms with van der Waals surface area (Å²) in [5, 5.41) is 0. The normalized spacial score (nSPS) is 25.2. The molecule has 4 nitrogen and oxygen atoms in total. The van der Waals surface area contributed by atoms with Gasteiger partial charge < -0.3 is 9.64 Å². The summed E-state index contributed by atoms with van der Waals surface area (Å²) in [6.45, 7) is 0. The fourth-order valence-corrected chi connectivity index (χ4v) is 1.64. The second-order valence-electron chi connectivity index (χ2n) is 4.96. The first-order valence-electron chi connectivity index (χ1n) is 5.85. The van der Waals surface area contributed by atoms with Gasteiger partial charge in [-0.1, -0.05) is 0 Å². The van der Waals surface area contributed by atoms with Gasteiger partial charge in [-0.25, -0.2) is 4.99 Å². The van der Waals surface area contributed by atoms with Crippen LogP contribution in [0, 0.1) is 0 Å². The zero-order valence-electron chi connectivity index (χ0n) is 10.6.